The number of aromatic amines is 1. The highest BCUT2D eigenvalue weighted by Gasteiger charge is 2.36. The molecular formula is C20H22N6O2. The highest BCUT2D eigenvalue weighted by atomic mass is 16.2. The number of imidazole rings is 1. The van der Waals surface area contributed by atoms with Crippen LogP contribution >= 0.6 is 0 Å². The maximum atomic E-state index is 12.9. The molecule has 1 aromatic carbocycles. The van der Waals surface area contributed by atoms with Gasteiger partial charge in [0.2, 0.25) is 5.91 Å². The fourth-order valence-corrected chi connectivity index (χ4v) is 3.67. The third-order valence-corrected chi connectivity index (χ3v) is 5.38. The molecule has 2 atom stereocenters. The molecule has 1 aliphatic heterocycles. The number of fused-ring (bicyclic) bond motifs is 1. The van der Waals surface area contributed by atoms with E-state index in [1.165, 1.54) is 18.6 Å². The van der Waals surface area contributed by atoms with Gasteiger partial charge < -0.3 is 14.8 Å². The molecule has 1 aliphatic rings. The summed E-state index contributed by atoms with van der Waals surface area (Å²) in [7, 11) is 0. The first-order chi connectivity index (χ1) is 13.5. The molecule has 4 rings (SSSR count). The van der Waals surface area contributed by atoms with Crippen molar-refractivity contribution in [3.63, 3.8) is 0 Å². The van der Waals surface area contributed by atoms with Crippen LogP contribution in [-0.4, -0.2) is 66.7 Å². The van der Waals surface area contributed by atoms with Crippen molar-refractivity contribution in [1.29, 1.82) is 0 Å². The average molecular weight is 378 g/mol. The van der Waals surface area contributed by atoms with Gasteiger partial charge in [0.25, 0.3) is 5.91 Å². The third-order valence-electron chi connectivity index (χ3n) is 5.38. The first kappa shape index (κ1) is 18.1. The van der Waals surface area contributed by atoms with E-state index in [1.54, 1.807) is 4.90 Å². The molecule has 8 heteroatoms. The van der Waals surface area contributed by atoms with Crippen LogP contribution in [0.15, 0.2) is 42.9 Å². The largest absolute Gasteiger partial charge is 0.342 e. The lowest BCUT2D eigenvalue weighted by Gasteiger charge is -2.44. The third kappa shape index (κ3) is 3.33. The van der Waals surface area contributed by atoms with Crippen molar-refractivity contribution < 1.29 is 9.59 Å². The lowest BCUT2D eigenvalue weighted by molar-refractivity contribution is -0.136. The van der Waals surface area contributed by atoms with Gasteiger partial charge in [-0.25, -0.2) is 9.97 Å². The lowest BCUT2D eigenvalue weighted by atomic mass is 10.0. The van der Waals surface area contributed by atoms with Gasteiger partial charge in [0, 0.05) is 37.6 Å². The quantitative estimate of drug-likeness (QED) is 0.748. The monoisotopic (exact) mass is 378 g/mol. The van der Waals surface area contributed by atoms with Crippen LogP contribution in [0, 0.1) is 0 Å². The molecule has 0 spiro atoms. The highest BCUT2D eigenvalue weighted by Crippen LogP contribution is 2.20. The number of H-pyrrole nitrogens is 1. The number of hydrogen-bond donors (Lipinski definition) is 1. The number of aromatic nitrogens is 4. The van der Waals surface area contributed by atoms with E-state index >= 15 is 0 Å². The van der Waals surface area contributed by atoms with Gasteiger partial charge in [-0.1, -0.05) is 12.1 Å². The van der Waals surface area contributed by atoms with Gasteiger partial charge in [0.1, 0.15) is 11.5 Å². The highest BCUT2D eigenvalue weighted by molar-refractivity contribution is 5.92. The molecule has 0 saturated carbocycles. The van der Waals surface area contributed by atoms with Crippen LogP contribution < -0.4 is 0 Å². The van der Waals surface area contributed by atoms with Gasteiger partial charge >= 0.3 is 0 Å². The molecule has 3 aromatic rings. The van der Waals surface area contributed by atoms with E-state index in [9.17, 15) is 9.59 Å². The first-order valence-corrected chi connectivity index (χ1v) is 9.34. The predicted molar refractivity (Wildman–Crippen MR) is 104 cm³/mol. The standard InChI is InChI=1S/C20H22N6O2/c1-13-14(2)26(20(28)17-12-21-7-8-22-17)10-9-25(13)19(27)11-18-23-15-5-3-4-6-16(15)24-18/h3-8,12-14H,9-11H2,1-2H3,(H,23,24)/t13-,14-/m1/s1. The summed E-state index contributed by atoms with van der Waals surface area (Å²) in [6.07, 6.45) is 4.73. The maximum absolute atomic E-state index is 12.9. The molecule has 144 valence electrons. The van der Waals surface area contributed by atoms with Crippen LogP contribution in [0.4, 0.5) is 0 Å². The van der Waals surface area contributed by atoms with Crippen molar-refractivity contribution in [1.82, 2.24) is 29.7 Å². The second-order valence-corrected chi connectivity index (χ2v) is 7.03. The first-order valence-electron chi connectivity index (χ1n) is 9.34. The van der Waals surface area contributed by atoms with E-state index < -0.39 is 0 Å². The van der Waals surface area contributed by atoms with Crippen LogP contribution in [0.2, 0.25) is 0 Å². The number of carbonyl (C=O) groups excluding carboxylic acids is 2. The number of para-hydroxylation sites is 2. The predicted octanol–water partition coefficient (Wildman–Crippen LogP) is 1.66. The Morgan fingerprint density at radius 1 is 1.11 bits per heavy atom. The molecule has 0 bridgehead atoms. The van der Waals surface area contributed by atoms with Crippen molar-refractivity contribution >= 4 is 22.8 Å². The summed E-state index contributed by atoms with van der Waals surface area (Å²) in [5.74, 6) is 0.506. The fourth-order valence-electron chi connectivity index (χ4n) is 3.67. The van der Waals surface area contributed by atoms with Gasteiger partial charge in [0.05, 0.1) is 23.7 Å². The number of nitrogens with zero attached hydrogens (tertiary/aromatic N) is 5. The summed E-state index contributed by atoms with van der Waals surface area (Å²) in [4.78, 5) is 45.0. The molecule has 2 aromatic heterocycles. The molecule has 28 heavy (non-hydrogen) atoms. The van der Waals surface area contributed by atoms with E-state index in [0.29, 0.717) is 24.6 Å². The van der Waals surface area contributed by atoms with E-state index in [2.05, 4.69) is 19.9 Å². The lowest BCUT2D eigenvalue weighted by Crippen LogP contribution is -2.60. The molecular weight excluding hydrogens is 356 g/mol. The zero-order valence-corrected chi connectivity index (χ0v) is 15.9. The normalized spacial score (nSPS) is 19.8. The Labute approximate surface area is 162 Å². The molecule has 1 fully saturated rings. The Hall–Kier alpha value is -3.29. The van der Waals surface area contributed by atoms with Crippen molar-refractivity contribution in [2.75, 3.05) is 13.1 Å². The zero-order valence-electron chi connectivity index (χ0n) is 15.9. The summed E-state index contributed by atoms with van der Waals surface area (Å²) in [6.45, 7) is 4.88. The van der Waals surface area contributed by atoms with Crippen LogP contribution in [0.1, 0.15) is 30.2 Å². The molecule has 0 unspecified atom stereocenters. The molecule has 3 heterocycles. The smallest absolute Gasteiger partial charge is 0.274 e. The number of nitrogens with one attached hydrogen (secondary N) is 1. The zero-order chi connectivity index (χ0) is 19.7. The van der Waals surface area contributed by atoms with Gasteiger partial charge in [0.15, 0.2) is 0 Å². The second kappa shape index (κ2) is 7.38. The summed E-state index contributed by atoms with van der Waals surface area (Å²) in [6, 6.07) is 7.49. The Kier molecular flexibility index (Phi) is 4.77. The van der Waals surface area contributed by atoms with Crippen molar-refractivity contribution in [2.45, 2.75) is 32.4 Å². The van der Waals surface area contributed by atoms with Gasteiger partial charge in [-0.3, -0.25) is 14.6 Å². The van der Waals surface area contributed by atoms with Crippen LogP contribution in [0.25, 0.3) is 11.0 Å². The number of carbonyl (C=O) groups is 2. The van der Waals surface area contributed by atoms with Crippen molar-refractivity contribution in [2.24, 2.45) is 0 Å². The molecule has 1 N–H and O–H groups in total. The Bertz CT molecular complexity index is 969. The number of rotatable bonds is 3. The average Bonchev–Trinajstić information content (AvgIpc) is 3.12. The summed E-state index contributed by atoms with van der Waals surface area (Å²) in [5, 5.41) is 0. The van der Waals surface area contributed by atoms with Crippen LogP contribution in [0.5, 0.6) is 0 Å². The van der Waals surface area contributed by atoms with E-state index in [0.717, 1.165) is 11.0 Å². The SMILES string of the molecule is C[C@@H]1[C@@H](C)N(C(=O)c2cnccn2)CCN1C(=O)Cc1nc2ccccc2[nH]1. The summed E-state index contributed by atoms with van der Waals surface area (Å²) in [5.41, 5.74) is 2.10. The number of amides is 2. The molecule has 2 amide bonds. The minimum absolute atomic E-state index is 0.00464. The van der Waals surface area contributed by atoms with Crippen molar-refractivity contribution in [3.8, 4) is 0 Å². The maximum Gasteiger partial charge on any atom is 0.274 e. The molecule has 1 saturated heterocycles. The minimum atomic E-state index is -0.156. The number of piperazine rings is 1. The van der Waals surface area contributed by atoms with Crippen molar-refractivity contribution in [3.05, 3.63) is 54.4 Å². The Morgan fingerprint density at radius 3 is 2.61 bits per heavy atom. The molecule has 0 radical (unpaired) electrons. The van der Waals surface area contributed by atoms with Gasteiger partial charge in [-0.15, -0.1) is 0 Å². The topological polar surface area (TPSA) is 95.1 Å². The Balaban J connectivity index is 1.45. The summed E-state index contributed by atoms with van der Waals surface area (Å²) < 4.78 is 0. The fraction of sp³-hybridized carbons (Fsp3) is 0.350. The molecule has 0 aliphatic carbocycles. The second-order valence-electron chi connectivity index (χ2n) is 7.03. The van der Waals surface area contributed by atoms with E-state index in [-0.39, 0.29) is 30.3 Å². The number of hydrogen-bond acceptors (Lipinski definition) is 5. The van der Waals surface area contributed by atoms with Gasteiger partial charge in [-0.05, 0) is 26.0 Å². The minimum Gasteiger partial charge on any atom is -0.342 e. The van der Waals surface area contributed by atoms with E-state index in [1.807, 2.05) is 43.0 Å². The number of benzene rings is 1. The Morgan fingerprint density at radius 2 is 1.86 bits per heavy atom. The molecule has 8 nitrogen and oxygen atoms in total. The summed E-state index contributed by atoms with van der Waals surface area (Å²) >= 11 is 0. The van der Waals surface area contributed by atoms with Gasteiger partial charge in [-0.2, -0.15) is 0 Å². The van der Waals surface area contributed by atoms with Crippen LogP contribution in [0.3, 0.4) is 0 Å². The van der Waals surface area contributed by atoms with Crippen LogP contribution in [-0.2, 0) is 11.2 Å². The van der Waals surface area contributed by atoms with E-state index in [4.69, 9.17) is 0 Å².